The van der Waals surface area contributed by atoms with E-state index in [2.05, 4.69) is 0 Å². The van der Waals surface area contributed by atoms with Gasteiger partial charge in [0.25, 0.3) is 0 Å². The maximum absolute atomic E-state index is 13.1. The first kappa shape index (κ1) is 19.2. The Kier molecular flexibility index (Phi) is 5.38. The van der Waals surface area contributed by atoms with Crippen molar-refractivity contribution in [1.29, 1.82) is 0 Å². The Bertz CT molecular complexity index is 892. The molecule has 0 N–H and O–H groups in total. The van der Waals surface area contributed by atoms with Crippen LogP contribution in [0.1, 0.15) is 43.1 Å². The third-order valence-electron chi connectivity index (χ3n) is 5.74. The number of hydrogen-bond acceptors (Lipinski definition) is 5. The van der Waals surface area contributed by atoms with Gasteiger partial charge in [0.2, 0.25) is 0 Å². The molecule has 2 aliphatic rings. The molecule has 0 saturated carbocycles. The summed E-state index contributed by atoms with van der Waals surface area (Å²) in [5, 5.41) is 0. The van der Waals surface area contributed by atoms with Gasteiger partial charge < -0.3 is 14.2 Å². The number of ether oxygens (including phenoxy) is 3. The molecule has 2 saturated heterocycles. The molecule has 5 heteroatoms. The molecule has 4 rings (SSSR count). The number of carbonyl (C=O) groups is 2. The molecule has 0 aliphatic carbocycles. The smallest absolute Gasteiger partial charge is 0.317 e. The van der Waals surface area contributed by atoms with E-state index in [1.807, 2.05) is 67.6 Å². The molecule has 0 aromatic heterocycles. The summed E-state index contributed by atoms with van der Waals surface area (Å²) in [7, 11) is 0. The lowest BCUT2D eigenvalue weighted by molar-refractivity contribution is -0.155. The molecule has 2 heterocycles. The first-order chi connectivity index (χ1) is 14.1. The van der Waals surface area contributed by atoms with Crippen LogP contribution >= 0.6 is 0 Å². The fourth-order valence-corrected chi connectivity index (χ4v) is 4.20. The van der Waals surface area contributed by atoms with Crippen LogP contribution in [0.15, 0.2) is 73.0 Å². The number of hydrogen-bond donors (Lipinski definition) is 0. The van der Waals surface area contributed by atoms with Crippen molar-refractivity contribution in [3.8, 4) is 0 Å². The average Bonchev–Trinajstić information content (AvgIpc) is 3.31. The standard InChI is InChI=1S/C24H24O5/c1-2-27-14-13-24(16-21(29-23(24)26)18-11-7-4-8-12-18)19-15-20(28-22(19)25)17-9-5-3-6-10-17/h3-14,19-21H,2,15-16H2,1H3/b14-13-. The van der Waals surface area contributed by atoms with Crippen LogP contribution in [-0.4, -0.2) is 18.5 Å². The van der Waals surface area contributed by atoms with Crippen LogP contribution in [0.5, 0.6) is 0 Å². The van der Waals surface area contributed by atoms with Gasteiger partial charge in [0.05, 0.1) is 18.8 Å². The highest BCUT2D eigenvalue weighted by molar-refractivity contribution is 5.89. The van der Waals surface area contributed by atoms with Gasteiger partial charge in [-0.15, -0.1) is 0 Å². The van der Waals surface area contributed by atoms with Gasteiger partial charge in [-0.25, -0.2) is 0 Å². The van der Waals surface area contributed by atoms with Crippen LogP contribution in [0.3, 0.4) is 0 Å². The largest absolute Gasteiger partial charge is 0.502 e. The summed E-state index contributed by atoms with van der Waals surface area (Å²) in [5.74, 6) is -1.39. The third-order valence-corrected chi connectivity index (χ3v) is 5.74. The molecule has 2 aromatic carbocycles. The lowest BCUT2D eigenvalue weighted by Gasteiger charge is -2.25. The van der Waals surface area contributed by atoms with Gasteiger partial charge in [-0.1, -0.05) is 60.7 Å². The van der Waals surface area contributed by atoms with E-state index in [0.717, 1.165) is 11.1 Å². The van der Waals surface area contributed by atoms with E-state index in [0.29, 0.717) is 19.4 Å². The zero-order valence-corrected chi connectivity index (χ0v) is 16.3. The second-order valence-corrected chi connectivity index (χ2v) is 7.43. The van der Waals surface area contributed by atoms with Crippen molar-refractivity contribution < 1.29 is 23.8 Å². The van der Waals surface area contributed by atoms with Gasteiger partial charge in [0.1, 0.15) is 17.6 Å². The number of carbonyl (C=O) groups excluding carboxylic acids is 2. The zero-order chi connectivity index (χ0) is 20.3. The van der Waals surface area contributed by atoms with E-state index < -0.39 is 23.4 Å². The van der Waals surface area contributed by atoms with Crippen molar-refractivity contribution >= 4 is 11.9 Å². The Morgan fingerprint density at radius 2 is 1.59 bits per heavy atom. The Labute approximate surface area is 170 Å². The van der Waals surface area contributed by atoms with E-state index in [-0.39, 0.29) is 12.1 Å². The summed E-state index contributed by atoms with van der Waals surface area (Å²) in [6, 6.07) is 19.2. The zero-order valence-electron chi connectivity index (χ0n) is 16.3. The SMILES string of the molecule is CCO/C=C\C1(C2CC(c3ccccc3)OC2=O)CC(c2ccccc2)OC1=O. The number of esters is 2. The predicted molar refractivity (Wildman–Crippen MR) is 106 cm³/mol. The van der Waals surface area contributed by atoms with Crippen molar-refractivity contribution in [2.75, 3.05) is 6.61 Å². The van der Waals surface area contributed by atoms with E-state index in [1.165, 1.54) is 6.26 Å². The molecule has 0 bridgehead atoms. The second-order valence-electron chi connectivity index (χ2n) is 7.43. The lowest BCUT2D eigenvalue weighted by Crippen LogP contribution is -2.36. The second kappa shape index (κ2) is 8.11. The van der Waals surface area contributed by atoms with Crippen LogP contribution in [0.4, 0.5) is 0 Å². The Hall–Kier alpha value is -3.08. The molecule has 29 heavy (non-hydrogen) atoms. The van der Waals surface area contributed by atoms with E-state index in [9.17, 15) is 9.59 Å². The van der Waals surface area contributed by atoms with Crippen molar-refractivity contribution in [2.45, 2.75) is 32.0 Å². The molecule has 2 fully saturated rings. The van der Waals surface area contributed by atoms with Gasteiger partial charge in [-0.05, 0) is 24.1 Å². The summed E-state index contributed by atoms with van der Waals surface area (Å²) in [6.07, 6.45) is 3.24. The highest BCUT2D eigenvalue weighted by Crippen LogP contribution is 2.53. The Morgan fingerprint density at radius 3 is 2.21 bits per heavy atom. The van der Waals surface area contributed by atoms with Gasteiger partial charge in [0, 0.05) is 12.8 Å². The van der Waals surface area contributed by atoms with Crippen LogP contribution in [-0.2, 0) is 23.8 Å². The number of benzene rings is 2. The molecule has 0 radical (unpaired) electrons. The molecule has 0 spiro atoms. The fraction of sp³-hybridized carbons (Fsp3) is 0.333. The minimum atomic E-state index is -1.10. The predicted octanol–water partition coefficient (Wildman–Crippen LogP) is 4.52. The van der Waals surface area contributed by atoms with Crippen LogP contribution < -0.4 is 0 Å². The minimum absolute atomic E-state index is 0.366. The van der Waals surface area contributed by atoms with E-state index in [1.54, 1.807) is 6.08 Å². The van der Waals surface area contributed by atoms with Crippen molar-refractivity contribution in [3.05, 3.63) is 84.1 Å². The van der Waals surface area contributed by atoms with Crippen molar-refractivity contribution in [1.82, 2.24) is 0 Å². The van der Waals surface area contributed by atoms with Crippen LogP contribution in [0.2, 0.25) is 0 Å². The Balaban J connectivity index is 1.65. The normalized spacial score (nSPS) is 29.1. The first-order valence-electron chi connectivity index (χ1n) is 9.95. The average molecular weight is 392 g/mol. The highest BCUT2D eigenvalue weighted by Gasteiger charge is 2.59. The summed E-state index contributed by atoms with van der Waals surface area (Å²) in [6.45, 7) is 2.34. The van der Waals surface area contributed by atoms with Gasteiger partial charge in [0.15, 0.2) is 0 Å². The van der Waals surface area contributed by atoms with Crippen LogP contribution in [0.25, 0.3) is 0 Å². The molecule has 150 valence electrons. The third kappa shape index (κ3) is 3.65. The lowest BCUT2D eigenvalue weighted by atomic mass is 9.71. The highest BCUT2D eigenvalue weighted by atomic mass is 16.6. The van der Waals surface area contributed by atoms with Crippen LogP contribution in [0, 0.1) is 11.3 Å². The molecular formula is C24H24O5. The van der Waals surface area contributed by atoms with Crippen molar-refractivity contribution in [3.63, 3.8) is 0 Å². The minimum Gasteiger partial charge on any atom is -0.502 e. The molecule has 4 unspecified atom stereocenters. The molecule has 2 aliphatic heterocycles. The monoisotopic (exact) mass is 392 g/mol. The van der Waals surface area contributed by atoms with E-state index >= 15 is 0 Å². The summed E-state index contributed by atoms with van der Waals surface area (Å²) in [5.41, 5.74) is 0.743. The van der Waals surface area contributed by atoms with Crippen molar-refractivity contribution in [2.24, 2.45) is 11.3 Å². The Morgan fingerprint density at radius 1 is 0.966 bits per heavy atom. The van der Waals surface area contributed by atoms with Gasteiger partial charge in [-0.3, -0.25) is 9.59 Å². The molecule has 5 nitrogen and oxygen atoms in total. The number of cyclic esters (lactones) is 2. The maximum atomic E-state index is 13.1. The van der Waals surface area contributed by atoms with Gasteiger partial charge in [-0.2, -0.15) is 0 Å². The molecule has 2 aromatic rings. The summed E-state index contributed by atoms with van der Waals surface area (Å²) in [4.78, 5) is 26.0. The van der Waals surface area contributed by atoms with Gasteiger partial charge >= 0.3 is 11.9 Å². The maximum Gasteiger partial charge on any atom is 0.317 e. The molecule has 4 atom stereocenters. The topological polar surface area (TPSA) is 61.8 Å². The fourth-order valence-electron chi connectivity index (χ4n) is 4.20. The first-order valence-corrected chi connectivity index (χ1v) is 9.95. The molecular weight excluding hydrogens is 368 g/mol. The number of rotatable bonds is 6. The van der Waals surface area contributed by atoms with E-state index in [4.69, 9.17) is 14.2 Å². The summed E-state index contributed by atoms with van der Waals surface area (Å²) < 4.78 is 16.8. The quantitative estimate of drug-likeness (QED) is 0.534. The molecule has 0 amide bonds. The summed E-state index contributed by atoms with van der Waals surface area (Å²) >= 11 is 0.